The number of aryl methyl sites for hydroxylation is 1. The molecule has 1 N–H and O–H groups in total. The van der Waals surface area contributed by atoms with Gasteiger partial charge in [0.2, 0.25) is 0 Å². The highest BCUT2D eigenvalue weighted by atomic mass is 32.1. The first kappa shape index (κ1) is 13.2. The molecule has 1 atom stereocenters. The first-order chi connectivity index (χ1) is 7.69. The van der Waals surface area contributed by atoms with Crippen molar-refractivity contribution in [1.82, 2.24) is 5.32 Å². The fourth-order valence-corrected chi connectivity index (χ4v) is 2.30. The van der Waals surface area contributed by atoms with E-state index in [1.165, 1.54) is 10.4 Å². The second-order valence-electron chi connectivity index (χ2n) is 3.62. The third kappa shape index (κ3) is 3.61. The van der Waals surface area contributed by atoms with Crippen LogP contribution in [0, 0.1) is 6.92 Å². The van der Waals surface area contributed by atoms with E-state index < -0.39 is 0 Å². The summed E-state index contributed by atoms with van der Waals surface area (Å²) in [7, 11) is 0. The van der Waals surface area contributed by atoms with Crippen LogP contribution in [0.2, 0.25) is 0 Å². The third-order valence-corrected chi connectivity index (χ3v) is 3.48. The van der Waals surface area contributed by atoms with Crippen molar-refractivity contribution in [3.8, 4) is 0 Å². The molecule has 1 heterocycles. The Labute approximate surface area is 101 Å². The van der Waals surface area contributed by atoms with Gasteiger partial charge in [-0.05, 0) is 37.3 Å². The summed E-state index contributed by atoms with van der Waals surface area (Å²) in [6.07, 6.45) is 0.753. The predicted molar refractivity (Wildman–Crippen MR) is 66.6 cm³/mol. The van der Waals surface area contributed by atoms with E-state index in [4.69, 9.17) is 4.74 Å². The Bertz CT molecular complexity index is 336. The summed E-state index contributed by atoms with van der Waals surface area (Å²) in [5, 5.41) is 5.30. The van der Waals surface area contributed by atoms with Crippen LogP contribution in [0.1, 0.15) is 30.7 Å². The molecule has 0 aliphatic heterocycles. The zero-order valence-corrected chi connectivity index (χ0v) is 10.9. The maximum atomic E-state index is 11.5. The molecule has 0 fully saturated rings. The van der Waals surface area contributed by atoms with Crippen molar-refractivity contribution in [3.05, 3.63) is 21.9 Å². The Balaban J connectivity index is 2.46. The van der Waals surface area contributed by atoms with Crippen LogP contribution in [0.15, 0.2) is 11.4 Å². The summed E-state index contributed by atoms with van der Waals surface area (Å²) in [6, 6.07) is 1.90. The summed E-state index contributed by atoms with van der Waals surface area (Å²) in [5.74, 6) is -0.154. The van der Waals surface area contributed by atoms with Gasteiger partial charge in [-0.2, -0.15) is 0 Å². The van der Waals surface area contributed by atoms with Crippen molar-refractivity contribution in [3.63, 3.8) is 0 Å². The second kappa shape index (κ2) is 6.66. The van der Waals surface area contributed by atoms with E-state index in [-0.39, 0.29) is 12.0 Å². The Kier molecular flexibility index (Phi) is 5.49. The lowest BCUT2D eigenvalue weighted by Crippen LogP contribution is -2.37. The quantitative estimate of drug-likeness (QED) is 0.778. The highest BCUT2D eigenvalue weighted by molar-refractivity contribution is 7.10. The number of nitrogens with one attached hydrogen (secondary N) is 1. The molecular weight excluding hydrogens is 222 g/mol. The minimum Gasteiger partial charge on any atom is -0.465 e. The summed E-state index contributed by atoms with van der Waals surface area (Å²) in [6.45, 7) is 7.07. The van der Waals surface area contributed by atoms with E-state index >= 15 is 0 Å². The minimum absolute atomic E-state index is 0.154. The SMILES string of the molecule is CCOC(=O)C(CC)NCc1sccc1C. The first-order valence-corrected chi connectivity index (χ1v) is 6.50. The van der Waals surface area contributed by atoms with E-state index in [2.05, 4.69) is 23.7 Å². The molecule has 0 aromatic carbocycles. The maximum absolute atomic E-state index is 11.5. The van der Waals surface area contributed by atoms with Gasteiger partial charge in [0.05, 0.1) is 6.61 Å². The van der Waals surface area contributed by atoms with Gasteiger partial charge in [-0.1, -0.05) is 6.92 Å². The second-order valence-corrected chi connectivity index (χ2v) is 4.62. The van der Waals surface area contributed by atoms with Gasteiger partial charge in [-0.3, -0.25) is 10.1 Å². The lowest BCUT2D eigenvalue weighted by molar-refractivity contribution is -0.145. The Hall–Kier alpha value is -0.870. The molecule has 0 bridgehead atoms. The zero-order chi connectivity index (χ0) is 12.0. The van der Waals surface area contributed by atoms with Crippen LogP contribution in [-0.4, -0.2) is 18.6 Å². The van der Waals surface area contributed by atoms with Gasteiger partial charge in [0.1, 0.15) is 6.04 Å². The van der Waals surface area contributed by atoms with Crippen molar-refractivity contribution < 1.29 is 9.53 Å². The van der Waals surface area contributed by atoms with Crippen molar-refractivity contribution in [2.45, 2.75) is 39.8 Å². The van der Waals surface area contributed by atoms with Crippen LogP contribution in [0.5, 0.6) is 0 Å². The fraction of sp³-hybridized carbons (Fsp3) is 0.583. The Morgan fingerprint density at radius 1 is 1.56 bits per heavy atom. The molecule has 0 radical (unpaired) electrons. The van der Waals surface area contributed by atoms with Crippen LogP contribution in [0.3, 0.4) is 0 Å². The van der Waals surface area contributed by atoms with E-state index in [0.717, 1.165) is 13.0 Å². The van der Waals surface area contributed by atoms with Crippen LogP contribution in [-0.2, 0) is 16.1 Å². The zero-order valence-electron chi connectivity index (χ0n) is 10.1. The van der Waals surface area contributed by atoms with E-state index in [1.807, 2.05) is 13.8 Å². The van der Waals surface area contributed by atoms with E-state index in [9.17, 15) is 4.79 Å². The first-order valence-electron chi connectivity index (χ1n) is 5.62. The Morgan fingerprint density at radius 2 is 2.31 bits per heavy atom. The van der Waals surface area contributed by atoms with Gasteiger partial charge in [-0.15, -0.1) is 11.3 Å². The molecule has 0 amide bonds. The maximum Gasteiger partial charge on any atom is 0.323 e. The van der Waals surface area contributed by atoms with Gasteiger partial charge in [-0.25, -0.2) is 0 Å². The molecule has 0 saturated carbocycles. The fourth-order valence-electron chi connectivity index (χ4n) is 1.44. The number of carbonyl (C=O) groups is 1. The number of carbonyl (C=O) groups excluding carboxylic acids is 1. The Morgan fingerprint density at radius 3 is 2.81 bits per heavy atom. The molecule has 1 aromatic rings. The summed E-state index contributed by atoms with van der Waals surface area (Å²) < 4.78 is 5.00. The topological polar surface area (TPSA) is 38.3 Å². The molecule has 4 heteroatoms. The van der Waals surface area contributed by atoms with Crippen molar-refractivity contribution in [2.75, 3.05) is 6.61 Å². The number of ether oxygens (including phenoxy) is 1. The van der Waals surface area contributed by atoms with Gasteiger partial charge >= 0.3 is 5.97 Å². The number of esters is 1. The van der Waals surface area contributed by atoms with Crippen molar-refractivity contribution >= 4 is 17.3 Å². The molecule has 90 valence electrons. The summed E-state index contributed by atoms with van der Waals surface area (Å²) in [4.78, 5) is 12.8. The number of hydrogen-bond acceptors (Lipinski definition) is 4. The predicted octanol–water partition coefficient (Wildman–Crippen LogP) is 2.49. The van der Waals surface area contributed by atoms with E-state index in [0.29, 0.717) is 6.61 Å². The largest absolute Gasteiger partial charge is 0.465 e. The minimum atomic E-state index is -0.193. The molecular formula is C12H19NO2S. The highest BCUT2D eigenvalue weighted by Gasteiger charge is 2.16. The smallest absolute Gasteiger partial charge is 0.323 e. The number of hydrogen-bond donors (Lipinski definition) is 1. The molecule has 16 heavy (non-hydrogen) atoms. The normalized spacial score (nSPS) is 12.4. The summed E-state index contributed by atoms with van der Waals surface area (Å²) >= 11 is 1.71. The van der Waals surface area contributed by atoms with Gasteiger partial charge in [0, 0.05) is 11.4 Å². The molecule has 3 nitrogen and oxygen atoms in total. The van der Waals surface area contributed by atoms with Crippen LogP contribution in [0.25, 0.3) is 0 Å². The van der Waals surface area contributed by atoms with Gasteiger partial charge < -0.3 is 4.74 Å². The van der Waals surface area contributed by atoms with Gasteiger partial charge in [0.15, 0.2) is 0 Å². The number of thiophene rings is 1. The standard InChI is InChI=1S/C12H19NO2S/c1-4-10(12(14)15-5-2)13-8-11-9(3)6-7-16-11/h6-7,10,13H,4-5,8H2,1-3H3. The van der Waals surface area contributed by atoms with Crippen LogP contribution >= 0.6 is 11.3 Å². The number of rotatable bonds is 6. The van der Waals surface area contributed by atoms with Crippen molar-refractivity contribution in [1.29, 1.82) is 0 Å². The molecule has 1 aromatic heterocycles. The summed E-state index contributed by atoms with van der Waals surface area (Å²) in [5.41, 5.74) is 1.27. The molecule has 0 spiro atoms. The van der Waals surface area contributed by atoms with Crippen LogP contribution < -0.4 is 5.32 Å². The molecule has 1 unspecified atom stereocenters. The van der Waals surface area contributed by atoms with Crippen LogP contribution in [0.4, 0.5) is 0 Å². The van der Waals surface area contributed by atoms with Crippen molar-refractivity contribution in [2.24, 2.45) is 0 Å². The molecule has 0 aliphatic carbocycles. The molecule has 1 rings (SSSR count). The average molecular weight is 241 g/mol. The molecule has 0 saturated heterocycles. The lowest BCUT2D eigenvalue weighted by Gasteiger charge is -2.15. The lowest BCUT2D eigenvalue weighted by atomic mass is 10.2. The van der Waals surface area contributed by atoms with E-state index in [1.54, 1.807) is 11.3 Å². The highest BCUT2D eigenvalue weighted by Crippen LogP contribution is 2.15. The monoisotopic (exact) mass is 241 g/mol. The average Bonchev–Trinajstić information content (AvgIpc) is 2.66. The third-order valence-electron chi connectivity index (χ3n) is 2.46. The van der Waals surface area contributed by atoms with Gasteiger partial charge in [0.25, 0.3) is 0 Å². The molecule has 0 aliphatic rings.